The van der Waals surface area contributed by atoms with E-state index in [0.29, 0.717) is 6.04 Å². The van der Waals surface area contributed by atoms with Crippen LogP contribution in [0.5, 0.6) is 0 Å². The predicted molar refractivity (Wildman–Crippen MR) is 87.3 cm³/mol. The smallest absolute Gasteiger partial charge is 0.151 e. The van der Waals surface area contributed by atoms with Crippen molar-refractivity contribution in [2.24, 2.45) is 0 Å². The quantitative estimate of drug-likeness (QED) is 0.571. The number of hydrogen-bond acceptors (Lipinski definition) is 4. The summed E-state index contributed by atoms with van der Waals surface area (Å²) in [5.74, 6) is 1.18. The molecule has 0 aliphatic rings. The molecule has 0 spiro atoms. The van der Waals surface area contributed by atoms with Crippen molar-refractivity contribution >= 4 is 33.3 Å². The number of thiazole rings is 1. The molecule has 2 nitrogen and oxygen atoms in total. The van der Waals surface area contributed by atoms with Crippen LogP contribution in [-0.2, 0) is 0 Å². The van der Waals surface area contributed by atoms with Gasteiger partial charge in [0.15, 0.2) is 4.34 Å². The maximum absolute atomic E-state index is 4.64. The lowest BCUT2D eigenvalue weighted by Crippen LogP contribution is -2.25. The van der Waals surface area contributed by atoms with Gasteiger partial charge in [-0.2, -0.15) is 0 Å². The van der Waals surface area contributed by atoms with Crippen LogP contribution < -0.4 is 5.32 Å². The van der Waals surface area contributed by atoms with Crippen molar-refractivity contribution in [1.29, 1.82) is 0 Å². The molecule has 2 rings (SSSR count). The van der Waals surface area contributed by atoms with E-state index in [4.69, 9.17) is 0 Å². The molecule has 0 amide bonds. The molecule has 19 heavy (non-hydrogen) atoms. The van der Waals surface area contributed by atoms with Gasteiger partial charge in [0.05, 0.1) is 10.2 Å². The van der Waals surface area contributed by atoms with Crippen LogP contribution in [0.15, 0.2) is 28.6 Å². The number of thioether (sulfide) groups is 1. The fraction of sp³-hybridized carbons (Fsp3) is 0.533. The number of rotatable bonds is 8. The first kappa shape index (κ1) is 14.8. The summed E-state index contributed by atoms with van der Waals surface area (Å²) in [5, 5.41) is 3.45. The van der Waals surface area contributed by atoms with E-state index in [1.807, 2.05) is 23.1 Å². The molecule has 1 atom stereocenters. The Bertz CT molecular complexity index is 463. The number of fused-ring (bicyclic) bond motifs is 1. The number of nitrogens with zero attached hydrogens (tertiary/aromatic N) is 1. The second kappa shape index (κ2) is 7.88. The molecule has 1 aromatic carbocycles. The van der Waals surface area contributed by atoms with Gasteiger partial charge in [-0.25, -0.2) is 4.98 Å². The maximum Gasteiger partial charge on any atom is 0.151 e. The summed E-state index contributed by atoms with van der Waals surface area (Å²) in [5.41, 5.74) is 1.13. The zero-order chi connectivity index (χ0) is 13.5. The molecule has 4 heteroatoms. The highest BCUT2D eigenvalue weighted by atomic mass is 32.2. The SMILES string of the molecule is CCNC(C)CCCCSc1nc2ccccc2s1. The molecular weight excluding hydrogens is 272 g/mol. The van der Waals surface area contributed by atoms with E-state index in [0.717, 1.165) is 12.1 Å². The highest BCUT2D eigenvalue weighted by Crippen LogP contribution is 2.29. The zero-order valence-electron chi connectivity index (χ0n) is 11.7. The Morgan fingerprint density at radius 3 is 2.95 bits per heavy atom. The molecule has 0 aliphatic carbocycles. The average molecular weight is 294 g/mol. The Balaban J connectivity index is 1.68. The normalized spacial score (nSPS) is 12.9. The Morgan fingerprint density at radius 2 is 2.16 bits per heavy atom. The molecular formula is C15H22N2S2. The fourth-order valence-corrected chi connectivity index (χ4v) is 4.21. The van der Waals surface area contributed by atoms with Crippen molar-refractivity contribution in [3.63, 3.8) is 0 Å². The summed E-state index contributed by atoms with van der Waals surface area (Å²) in [6.07, 6.45) is 3.84. The van der Waals surface area contributed by atoms with Crippen LogP contribution in [0.1, 0.15) is 33.1 Å². The molecule has 0 aliphatic heterocycles. The summed E-state index contributed by atoms with van der Waals surface area (Å²) in [7, 11) is 0. The van der Waals surface area contributed by atoms with E-state index in [2.05, 4.69) is 48.4 Å². The summed E-state index contributed by atoms with van der Waals surface area (Å²) >= 11 is 3.71. The highest BCUT2D eigenvalue weighted by molar-refractivity contribution is 8.01. The second-order valence-corrected chi connectivity index (χ2v) is 7.12. The minimum atomic E-state index is 0.650. The first-order chi connectivity index (χ1) is 9.29. The van der Waals surface area contributed by atoms with Crippen molar-refractivity contribution < 1.29 is 0 Å². The van der Waals surface area contributed by atoms with Gasteiger partial charge in [0.25, 0.3) is 0 Å². The van der Waals surface area contributed by atoms with Gasteiger partial charge >= 0.3 is 0 Å². The fourth-order valence-electron chi connectivity index (χ4n) is 2.08. The maximum atomic E-state index is 4.64. The van der Waals surface area contributed by atoms with Crippen molar-refractivity contribution in [2.75, 3.05) is 12.3 Å². The van der Waals surface area contributed by atoms with Gasteiger partial charge in [0.1, 0.15) is 0 Å². The lowest BCUT2D eigenvalue weighted by molar-refractivity contribution is 0.510. The average Bonchev–Trinajstić information content (AvgIpc) is 2.81. The summed E-state index contributed by atoms with van der Waals surface area (Å²) < 4.78 is 2.51. The number of aromatic nitrogens is 1. The van der Waals surface area contributed by atoms with Crippen LogP contribution in [0.2, 0.25) is 0 Å². The first-order valence-electron chi connectivity index (χ1n) is 7.01. The van der Waals surface area contributed by atoms with Gasteiger partial charge in [-0.1, -0.05) is 37.2 Å². The van der Waals surface area contributed by atoms with Gasteiger partial charge in [0.2, 0.25) is 0 Å². The minimum absolute atomic E-state index is 0.650. The lowest BCUT2D eigenvalue weighted by Gasteiger charge is -2.11. The third-order valence-electron chi connectivity index (χ3n) is 3.08. The second-order valence-electron chi connectivity index (χ2n) is 4.75. The molecule has 2 aromatic rings. The number of para-hydroxylation sites is 1. The van der Waals surface area contributed by atoms with Gasteiger partial charge in [-0.15, -0.1) is 11.3 Å². The van der Waals surface area contributed by atoms with Crippen LogP contribution in [0.4, 0.5) is 0 Å². The van der Waals surface area contributed by atoms with E-state index in [-0.39, 0.29) is 0 Å². The van der Waals surface area contributed by atoms with Crippen LogP contribution in [0.25, 0.3) is 10.2 Å². The number of hydrogen-bond donors (Lipinski definition) is 1. The first-order valence-corrected chi connectivity index (χ1v) is 8.81. The third kappa shape index (κ3) is 4.79. The standard InChI is InChI=1S/C15H22N2S2/c1-3-16-12(2)8-6-7-11-18-15-17-13-9-4-5-10-14(13)19-15/h4-5,9-10,12,16H,3,6-8,11H2,1-2H3. The van der Waals surface area contributed by atoms with Gasteiger partial charge in [-0.05, 0) is 38.4 Å². The topological polar surface area (TPSA) is 24.9 Å². The van der Waals surface area contributed by atoms with Gasteiger partial charge < -0.3 is 5.32 Å². The number of unbranched alkanes of at least 4 members (excludes halogenated alkanes) is 1. The third-order valence-corrected chi connectivity index (χ3v) is 5.35. The summed E-state index contributed by atoms with van der Waals surface area (Å²) in [6, 6.07) is 9.02. The number of nitrogens with one attached hydrogen (secondary N) is 1. The van der Waals surface area contributed by atoms with E-state index < -0.39 is 0 Å². The van der Waals surface area contributed by atoms with E-state index in [9.17, 15) is 0 Å². The van der Waals surface area contributed by atoms with Crippen LogP contribution in [-0.4, -0.2) is 23.3 Å². The van der Waals surface area contributed by atoms with Crippen molar-refractivity contribution in [3.8, 4) is 0 Å². The Hall–Kier alpha value is -0.580. The summed E-state index contributed by atoms with van der Waals surface area (Å²) in [4.78, 5) is 4.64. The van der Waals surface area contributed by atoms with Crippen molar-refractivity contribution in [2.45, 2.75) is 43.5 Å². The monoisotopic (exact) mass is 294 g/mol. The molecule has 0 radical (unpaired) electrons. The largest absolute Gasteiger partial charge is 0.315 e. The van der Waals surface area contributed by atoms with E-state index in [1.54, 1.807) is 0 Å². The molecule has 0 saturated heterocycles. The lowest BCUT2D eigenvalue weighted by atomic mass is 10.1. The molecule has 1 aromatic heterocycles. The molecule has 0 saturated carbocycles. The van der Waals surface area contributed by atoms with E-state index >= 15 is 0 Å². The van der Waals surface area contributed by atoms with E-state index in [1.165, 1.54) is 34.1 Å². The molecule has 1 heterocycles. The molecule has 1 unspecified atom stereocenters. The molecule has 0 bridgehead atoms. The number of benzene rings is 1. The Labute approximate surface area is 124 Å². The highest BCUT2D eigenvalue weighted by Gasteiger charge is 2.04. The molecule has 1 N–H and O–H groups in total. The van der Waals surface area contributed by atoms with Gasteiger partial charge in [0, 0.05) is 11.8 Å². The van der Waals surface area contributed by atoms with Crippen LogP contribution in [0, 0.1) is 0 Å². The zero-order valence-corrected chi connectivity index (χ0v) is 13.3. The van der Waals surface area contributed by atoms with Crippen molar-refractivity contribution in [1.82, 2.24) is 10.3 Å². The van der Waals surface area contributed by atoms with Crippen molar-refractivity contribution in [3.05, 3.63) is 24.3 Å². The minimum Gasteiger partial charge on any atom is -0.315 e. The molecule has 0 fully saturated rings. The molecule has 104 valence electrons. The Kier molecular flexibility index (Phi) is 6.14. The van der Waals surface area contributed by atoms with Crippen LogP contribution in [0.3, 0.4) is 0 Å². The Morgan fingerprint density at radius 1 is 1.32 bits per heavy atom. The van der Waals surface area contributed by atoms with Crippen LogP contribution >= 0.6 is 23.1 Å². The van der Waals surface area contributed by atoms with Gasteiger partial charge in [-0.3, -0.25) is 0 Å². The summed E-state index contributed by atoms with van der Waals surface area (Å²) in [6.45, 7) is 5.51. The predicted octanol–water partition coefficient (Wildman–Crippen LogP) is 4.56.